The van der Waals surface area contributed by atoms with Gasteiger partial charge in [0.1, 0.15) is 0 Å². The maximum absolute atomic E-state index is 11.0. The first-order valence-electron chi connectivity index (χ1n) is 6.39. The van der Waals surface area contributed by atoms with E-state index in [1.165, 1.54) is 0 Å². The number of carboxylic acids is 1. The smallest absolute Gasteiger partial charge is 0.305 e. The lowest BCUT2D eigenvalue weighted by Gasteiger charge is -2.53. The number of carbonyl (C=O) groups is 1. The summed E-state index contributed by atoms with van der Waals surface area (Å²) in [5, 5.41) is 21.4. The van der Waals surface area contributed by atoms with Crippen LogP contribution in [0.3, 0.4) is 0 Å². The summed E-state index contributed by atoms with van der Waals surface area (Å²) in [6, 6.07) is 0.351. The van der Waals surface area contributed by atoms with Crippen molar-refractivity contribution < 1.29 is 15.0 Å². The van der Waals surface area contributed by atoms with E-state index < -0.39 is 5.97 Å². The molecule has 0 bridgehead atoms. The van der Waals surface area contributed by atoms with Gasteiger partial charge in [-0.25, -0.2) is 0 Å². The normalized spacial score (nSPS) is 18.4. The highest BCUT2D eigenvalue weighted by atomic mass is 16.4. The molecule has 0 aromatic heterocycles. The maximum atomic E-state index is 11.0. The minimum absolute atomic E-state index is 0.0812. The molecule has 17 heavy (non-hydrogen) atoms. The zero-order valence-corrected chi connectivity index (χ0v) is 10.8. The van der Waals surface area contributed by atoms with Crippen molar-refractivity contribution in [3.05, 3.63) is 0 Å². The highest BCUT2D eigenvalue weighted by Gasteiger charge is 2.45. The average molecular weight is 244 g/mol. The Morgan fingerprint density at radius 2 is 2.00 bits per heavy atom. The molecule has 1 aliphatic rings. The summed E-state index contributed by atoms with van der Waals surface area (Å²) >= 11 is 0. The molecule has 0 atom stereocenters. The van der Waals surface area contributed by atoms with Crippen molar-refractivity contribution in [3.63, 3.8) is 0 Å². The Balaban J connectivity index is 2.81. The predicted molar refractivity (Wildman–Crippen MR) is 66.0 cm³/mol. The van der Waals surface area contributed by atoms with Gasteiger partial charge in [0.25, 0.3) is 0 Å². The summed E-state index contributed by atoms with van der Waals surface area (Å²) in [7, 11) is 0. The van der Waals surface area contributed by atoms with Crippen LogP contribution in [0.2, 0.25) is 0 Å². The van der Waals surface area contributed by atoms with Crippen molar-refractivity contribution in [1.29, 1.82) is 0 Å². The van der Waals surface area contributed by atoms with Crippen LogP contribution in [0.15, 0.2) is 0 Å². The molecule has 1 heterocycles. The number of nitrogens with zero attached hydrogens (tertiary/aromatic N) is 1. The second-order valence-corrected chi connectivity index (χ2v) is 4.79. The van der Waals surface area contributed by atoms with E-state index in [9.17, 15) is 9.90 Å². The first-order chi connectivity index (χ1) is 8.09. The van der Waals surface area contributed by atoms with Crippen molar-refractivity contribution in [3.8, 4) is 0 Å². The molecular weight excluding hydrogens is 220 g/mol. The predicted octanol–water partition coefficient (Wildman–Crippen LogP) is 0.286. The second-order valence-electron chi connectivity index (χ2n) is 4.79. The number of aliphatic hydroxyl groups is 1. The molecule has 5 nitrogen and oxygen atoms in total. The summed E-state index contributed by atoms with van der Waals surface area (Å²) in [6.45, 7) is 6.27. The van der Waals surface area contributed by atoms with Gasteiger partial charge in [-0.1, -0.05) is 13.8 Å². The molecular formula is C12H24N2O3. The largest absolute Gasteiger partial charge is 0.481 e. The number of carboxylic acid groups (broad SMARTS) is 1. The third kappa shape index (κ3) is 3.18. The lowest BCUT2D eigenvalue weighted by Crippen LogP contribution is -2.71. The van der Waals surface area contributed by atoms with Crippen LogP contribution in [0.1, 0.15) is 33.1 Å². The Bertz CT molecular complexity index is 250. The van der Waals surface area contributed by atoms with Gasteiger partial charge in [0, 0.05) is 25.7 Å². The number of aliphatic hydroxyl groups excluding tert-OH is 1. The van der Waals surface area contributed by atoms with Crippen LogP contribution in [-0.4, -0.2) is 58.9 Å². The number of β-amino-alcohol motifs (C(OH)–C–C–N with tert-alkyl or cyclic N) is 1. The SMILES string of the molecule is CCC(CC)N(CCO)C1(CC(=O)O)CNC1. The number of nitrogens with one attached hydrogen (secondary N) is 1. The number of rotatable bonds is 8. The second kappa shape index (κ2) is 6.33. The zero-order chi connectivity index (χ0) is 12.9. The molecule has 0 aromatic carbocycles. The third-order valence-electron chi connectivity index (χ3n) is 3.72. The molecule has 1 saturated heterocycles. The van der Waals surface area contributed by atoms with Crippen LogP contribution >= 0.6 is 0 Å². The Kier molecular flexibility index (Phi) is 5.36. The Labute approximate surface area is 103 Å². The molecule has 1 fully saturated rings. The fourth-order valence-electron chi connectivity index (χ4n) is 2.77. The van der Waals surface area contributed by atoms with Gasteiger partial charge < -0.3 is 15.5 Å². The van der Waals surface area contributed by atoms with E-state index in [1.807, 2.05) is 0 Å². The highest BCUT2D eigenvalue weighted by molar-refractivity contribution is 5.69. The Morgan fingerprint density at radius 3 is 2.29 bits per heavy atom. The van der Waals surface area contributed by atoms with Crippen molar-refractivity contribution in [2.24, 2.45) is 0 Å². The monoisotopic (exact) mass is 244 g/mol. The fraction of sp³-hybridized carbons (Fsp3) is 0.917. The van der Waals surface area contributed by atoms with Gasteiger partial charge in [-0.2, -0.15) is 0 Å². The van der Waals surface area contributed by atoms with Crippen LogP contribution in [0.4, 0.5) is 0 Å². The van der Waals surface area contributed by atoms with E-state index in [1.54, 1.807) is 0 Å². The summed E-state index contributed by atoms with van der Waals surface area (Å²) < 4.78 is 0. The van der Waals surface area contributed by atoms with E-state index in [0.717, 1.165) is 12.8 Å². The van der Waals surface area contributed by atoms with Crippen LogP contribution < -0.4 is 5.32 Å². The molecule has 3 N–H and O–H groups in total. The van der Waals surface area contributed by atoms with Crippen molar-refractivity contribution in [2.75, 3.05) is 26.2 Å². The summed E-state index contributed by atoms with van der Waals surface area (Å²) in [6.07, 6.45) is 2.12. The van der Waals surface area contributed by atoms with Crippen LogP contribution in [0.25, 0.3) is 0 Å². The van der Waals surface area contributed by atoms with Gasteiger partial charge in [-0.05, 0) is 12.8 Å². The lowest BCUT2D eigenvalue weighted by molar-refractivity contribution is -0.143. The first-order valence-corrected chi connectivity index (χ1v) is 6.39. The standard InChI is InChI=1S/C12H24N2O3/c1-3-10(4-2)14(5-6-15)12(7-11(16)17)8-13-9-12/h10,13,15H,3-9H2,1-2H3,(H,16,17). The number of aliphatic carboxylic acids is 1. The van der Waals surface area contributed by atoms with Crippen LogP contribution in [0.5, 0.6) is 0 Å². The average Bonchev–Trinajstić information content (AvgIpc) is 2.24. The van der Waals surface area contributed by atoms with Gasteiger partial charge in [0.05, 0.1) is 18.6 Å². The number of hydrogen-bond acceptors (Lipinski definition) is 4. The molecule has 5 heteroatoms. The van der Waals surface area contributed by atoms with E-state index in [-0.39, 0.29) is 18.6 Å². The van der Waals surface area contributed by atoms with Gasteiger partial charge >= 0.3 is 5.97 Å². The maximum Gasteiger partial charge on any atom is 0.305 e. The fourth-order valence-corrected chi connectivity index (χ4v) is 2.77. The highest BCUT2D eigenvalue weighted by Crippen LogP contribution is 2.29. The van der Waals surface area contributed by atoms with Crippen LogP contribution in [0, 0.1) is 0 Å². The first kappa shape index (κ1) is 14.4. The molecule has 0 amide bonds. The van der Waals surface area contributed by atoms with E-state index in [2.05, 4.69) is 24.1 Å². The topological polar surface area (TPSA) is 72.8 Å². The van der Waals surface area contributed by atoms with Gasteiger partial charge in [-0.15, -0.1) is 0 Å². The Morgan fingerprint density at radius 1 is 1.41 bits per heavy atom. The van der Waals surface area contributed by atoms with E-state index in [0.29, 0.717) is 25.7 Å². The van der Waals surface area contributed by atoms with Crippen molar-refractivity contribution in [1.82, 2.24) is 10.2 Å². The molecule has 0 aliphatic carbocycles. The molecule has 0 radical (unpaired) electrons. The van der Waals surface area contributed by atoms with Crippen molar-refractivity contribution >= 4 is 5.97 Å². The van der Waals surface area contributed by atoms with E-state index >= 15 is 0 Å². The number of hydrogen-bond donors (Lipinski definition) is 3. The minimum atomic E-state index is -0.764. The molecule has 0 spiro atoms. The molecule has 0 aromatic rings. The van der Waals surface area contributed by atoms with Crippen LogP contribution in [-0.2, 0) is 4.79 Å². The lowest BCUT2D eigenvalue weighted by atomic mass is 9.84. The summed E-state index contributed by atoms with van der Waals surface area (Å²) in [4.78, 5) is 13.2. The van der Waals surface area contributed by atoms with Gasteiger partial charge in [0.2, 0.25) is 0 Å². The Hall–Kier alpha value is -0.650. The minimum Gasteiger partial charge on any atom is -0.481 e. The quantitative estimate of drug-likeness (QED) is 0.572. The molecule has 1 rings (SSSR count). The van der Waals surface area contributed by atoms with Gasteiger partial charge in [-0.3, -0.25) is 9.69 Å². The summed E-state index contributed by atoms with van der Waals surface area (Å²) in [5.74, 6) is -0.764. The van der Waals surface area contributed by atoms with E-state index in [4.69, 9.17) is 5.11 Å². The molecule has 1 aliphatic heterocycles. The molecule has 0 unspecified atom stereocenters. The zero-order valence-electron chi connectivity index (χ0n) is 10.8. The summed E-state index contributed by atoms with van der Waals surface area (Å²) in [5.41, 5.74) is -0.300. The molecule has 0 saturated carbocycles. The molecule has 100 valence electrons. The van der Waals surface area contributed by atoms with Gasteiger partial charge in [0.15, 0.2) is 0 Å². The van der Waals surface area contributed by atoms with Crippen molar-refractivity contribution in [2.45, 2.75) is 44.7 Å². The third-order valence-corrected chi connectivity index (χ3v) is 3.72.